The molecule has 2 nitrogen and oxygen atoms in total. The number of nitrogens with zero attached hydrogens (tertiary/aromatic N) is 1. The van der Waals surface area contributed by atoms with Crippen molar-refractivity contribution in [1.29, 1.82) is 0 Å². The largest absolute Gasteiger partial charge is 0.335 e. The number of carbonyl (C=O) groups is 1. The number of rotatable bonds is 11. The van der Waals surface area contributed by atoms with Crippen LogP contribution in [0.1, 0.15) is 43.4 Å². The zero-order chi connectivity index (χ0) is 23.8. The van der Waals surface area contributed by atoms with E-state index in [1.165, 1.54) is 16.7 Å². The Kier molecular flexibility index (Phi) is 8.80. The third-order valence-electron chi connectivity index (χ3n) is 6.46. The standard InChI is InChI=1S/C30H35NOS2/c1-30(2,34-22-26-16-10-5-11-17-26)19-28-18-27(23-33-21-25-14-8-4-9-15-25)29(32)31(28)20-24-12-6-3-7-13-24/h3-17,27-28H,18-23H2,1-2H3/t27-,28+/m1/s1. The first-order valence-corrected chi connectivity index (χ1v) is 14.3. The third kappa shape index (κ3) is 7.16. The van der Waals surface area contributed by atoms with Gasteiger partial charge in [-0.3, -0.25) is 4.79 Å². The normalized spacial score (nSPS) is 18.4. The van der Waals surface area contributed by atoms with Gasteiger partial charge in [-0.2, -0.15) is 23.5 Å². The monoisotopic (exact) mass is 489 g/mol. The summed E-state index contributed by atoms with van der Waals surface area (Å²) in [5.74, 6) is 3.30. The summed E-state index contributed by atoms with van der Waals surface area (Å²) in [6, 6.07) is 32.0. The Morgan fingerprint density at radius 1 is 0.794 bits per heavy atom. The maximum absolute atomic E-state index is 13.5. The molecule has 1 aliphatic heterocycles. The van der Waals surface area contributed by atoms with Gasteiger partial charge in [0.2, 0.25) is 5.91 Å². The smallest absolute Gasteiger partial charge is 0.227 e. The predicted molar refractivity (Wildman–Crippen MR) is 148 cm³/mol. The number of hydrogen-bond donors (Lipinski definition) is 0. The minimum Gasteiger partial charge on any atom is -0.335 e. The molecular formula is C30H35NOS2. The maximum atomic E-state index is 13.5. The summed E-state index contributed by atoms with van der Waals surface area (Å²) in [5.41, 5.74) is 3.90. The van der Waals surface area contributed by atoms with Gasteiger partial charge in [0.25, 0.3) is 0 Å². The first-order valence-electron chi connectivity index (χ1n) is 12.1. The van der Waals surface area contributed by atoms with Crippen LogP contribution in [-0.4, -0.2) is 27.3 Å². The van der Waals surface area contributed by atoms with Gasteiger partial charge in [0.1, 0.15) is 0 Å². The van der Waals surface area contributed by atoms with Gasteiger partial charge in [0, 0.05) is 40.5 Å². The van der Waals surface area contributed by atoms with E-state index >= 15 is 0 Å². The predicted octanol–water partition coefficient (Wildman–Crippen LogP) is 7.44. The molecule has 0 radical (unpaired) electrons. The van der Waals surface area contributed by atoms with Crippen LogP contribution in [0.3, 0.4) is 0 Å². The Morgan fingerprint density at radius 2 is 1.32 bits per heavy atom. The van der Waals surface area contributed by atoms with E-state index < -0.39 is 0 Å². The number of thioether (sulfide) groups is 2. The second-order valence-electron chi connectivity index (χ2n) is 9.78. The van der Waals surface area contributed by atoms with Crippen molar-refractivity contribution in [2.75, 3.05) is 5.75 Å². The highest BCUT2D eigenvalue weighted by Gasteiger charge is 2.41. The Bertz CT molecular complexity index is 1020. The lowest BCUT2D eigenvalue weighted by atomic mass is 9.98. The minimum absolute atomic E-state index is 0.0990. The van der Waals surface area contributed by atoms with E-state index in [0.717, 1.165) is 30.1 Å². The third-order valence-corrected chi connectivity index (χ3v) is 9.06. The molecule has 4 heteroatoms. The van der Waals surface area contributed by atoms with Crippen molar-refractivity contribution in [2.45, 2.75) is 55.5 Å². The van der Waals surface area contributed by atoms with E-state index in [-0.39, 0.29) is 16.7 Å². The van der Waals surface area contributed by atoms with Crippen LogP contribution < -0.4 is 0 Å². The van der Waals surface area contributed by atoms with E-state index in [0.29, 0.717) is 12.5 Å². The van der Waals surface area contributed by atoms with Gasteiger partial charge in [0.05, 0.1) is 0 Å². The van der Waals surface area contributed by atoms with Crippen molar-refractivity contribution >= 4 is 29.4 Å². The Morgan fingerprint density at radius 3 is 1.91 bits per heavy atom. The molecule has 1 aliphatic rings. The summed E-state index contributed by atoms with van der Waals surface area (Å²) < 4.78 is 0.0990. The maximum Gasteiger partial charge on any atom is 0.227 e. The molecule has 1 amide bonds. The molecule has 2 atom stereocenters. The fourth-order valence-electron chi connectivity index (χ4n) is 4.66. The van der Waals surface area contributed by atoms with Gasteiger partial charge >= 0.3 is 0 Å². The molecule has 0 aliphatic carbocycles. The van der Waals surface area contributed by atoms with Crippen molar-refractivity contribution in [2.24, 2.45) is 5.92 Å². The van der Waals surface area contributed by atoms with Crippen LogP contribution in [0.4, 0.5) is 0 Å². The quantitative estimate of drug-likeness (QED) is 0.279. The molecule has 3 aromatic rings. The summed E-state index contributed by atoms with van der Waals surface area (Å²) >= 11 is 3.89. The van der Waals surface area contributed by atoms with Crippen LogP contribution in [0.2, 0.25) is 0 Å². The molecule has 1 heterocycles. The summed E-state index contributed by atoms with van der Waals surface area (Å²) in [6.45, 7) is 5.39. The number of hydrogen-bond acceptors (Lipinski definition) is 3. The van der Waals surface area contributed by atoms with Crippen molar-refractivity contribution in [3.8, 4) is 0 Å². The average molecular weight is 490 g/mol. The molecule has 0 aromatic heterocycles. The number of likely N-dealkylation sites (tertiary alicyclic amines) is 1. The van der Waals surface area contributed by atoms with Gasteiger partial charge < -0.3 is 4.90 Å². The molecule has 0 saturated carbocycles. The molecule has 1 saturated heterocycles. The zero-order valence-corrected chi connectivity index (χ0v) is 21.9. The lowest BCUT2D eigenvalue weighted by Crippen LogP contribution is -2.37. The molecule has 0 spiro atoms. The van der Waals surface area contributed by atoms with Crippen molar-refractivity contribution in [1.82, 2.24) is 4.90 Å². The molecule has 178 valence electrons. The Hall–Kier alpha value is -2.17. The lowest BCUT2D eigenvalue weighted by Gasteiger charge is -2.32. The van der Waals surface area contributed by atoms with Gasteiger partial charge in [-0.1, -0.05) is 105 Å². The molecule has 3 aromatic carbocycles. The minimum atomic E-state index is 0.0990. The summed E-state index contributed by atoms with van der Waals surface area (Å²) in [4.78, 5) is 15.7. The van der Waals surface area contributed by atoms with Gasteiger partial charge in [-0.15, -0.1) is 0 Å². The molecule has 0 unspecified atom stereocenters. The molecule has 0 bridgehead atoms. The van der Waals surface area contributed by atoms with Gasteiger partial charge in [0.15, 0.2) is 0 Å². The SMILES string of the molecule is CC(C)(C[C@@H]1C[C@H](CSCc2ccccc2)C(=O)N1Cc1ccccc1)SCc1ccccc1. The Balaban J connectivity index is 1.40. The molecule has 1 fully saturated rings. The van der Waals surface area contributed by atoms with E-state index in [4.69, 9.17) is 0 Å². The van der Waals surface area contributed by atoms with Crippen molar-refractivity contribution in [3.05, 3.63) is 108 Å². The van der Waals surface area contributed by atoms with Crippen LogP contribution in [-0.2, 0) is 22.8 Å². The van der Waals surface area contributed by atoms with Crippen molar-refractivity contribution in [3.63, 3.8) is 0 Å². The van der Waals surface area contributed by atoms with E-state index in [2.05, 4.69) is 104 Å². The highest BCUT2D eigenvalue weighted by Crippen LogP contribution is 2.39. The highest BCUT2D eigenvalue weighted by atomic mass is 32.2. The van der Waals surface area contributed by atoms with E-state index in [1.807, 2.05) is 29.6 Å². The number of benzene rings is 3. The van der Waals surface area contributed by atoms with Gasteiger partial charge in [-0.05, 0) is 29.5 Å². The van der Waals surface area contributed by atoms with Crippen LogP contribution in [0, 0.1) is 5.92 Å². The van der Waals surface area contributed by atoms with Crippen LogP contribution in [0.5, 0.6) is 0 Å². The number of carbonyl (C=O) groups excluding carboxylic acids is 1. The molecule has 34 heavy (non-hydrogen) atoms. The fourth-order valence-corrected chi connectivity index (χ4v) is 6.83. The van der Waals surface area contributed by atoms with Crippen molar-refractivity contribution < 1.29 is 4.79 Å². The van der Waals surface area contributed by atoms with Crippen LogP contribution >= 0.6 is 23.5 Å². The summed E-state index contributed by atoms with van der Waals surface area (Å²) in [5, 5.41) is 0. The summed E-state index contributed by atoms with van der Waals surface area (Å²) in [7, 11) is 0. The highest BCUT2D eigenvalue weighted by molar-refractivity contribution is 7.99. The number of amides is 1. The first kappa shape index (κ1) is 24.9. The zero-order valence-electron chi connectivity index (χ0n) is 20.2. The second-order valence-corrected chi connectivity index (χ2v) is 12.5. The van der Waals surface area contributed by atoms with E-state index in [1.54, 1.807) is 0 Å². The van der Waals surface area contributed by atoms with E-state index in [9.17, 15) is 4.79 Å². The van der Waals surface area contributed by atoms with Gasteiger partial charge in [-0.25, -0.2) is 0 Å². The fraction of sp³-hybridized carbons (Fsp3) is 0.367. The molecule has 4 rings (SSSR count). The van der Waals surface area contributed by atoms with Crippen LogP contribution in [0.15, 0.2) is 91.0 Å². The average Bonchev–Trinajstić information content (AvgIpc) is 3.13. The lowest BCUT2D eigenvalue weighted by molar-refractivity contribution is -0.132. The topological polar surface area (TPSA) is 20.3 Å². The molecular weight excluding hydrogens is 454 g/mol. The Labute approximate surface area is 213 Å². The first-order chi connectivity index (χ1) is 16.5. The summed E-state index contributed by atoms with van der Waals surface area (Å²) in [6.07, 6.45) is 1.98. The molecule has 0 N–H and O–H groups in total. The van der Waals surface area contributed by atoms with Crippen LogP contribution in [0.25, 0.3) is 0 Å². The second kappa shape index (κ2) is 12.0.